The van der Waals surface area contributed by atoms with Crippen LogP contribution in [0.1, 0.15) is 23.6 Å². The maximum absolute atomic E-state index is 12.3. The van der Waals surface area contributed by atoms with Gasteiger partial charge in [0, 0.05) is 42.2 Å². The molecule has 3 heterocycles. The molecule has 3 aromatic rings. The van der Waals surface area contributed by atoms with E-state index in [1.807, 2.05) is 24.3 Å². The first-order valence-electron chi connectivity index (χ1n) is 8.97. The molecule has 0 bridgehead atoms. The Labute approximate surface area is 160 Å². The fourth-order valence-electron chi connectivity index (χ4n) is 3.83. The Morgan fingerprint density at radius 1 is 1.21 bits per heavy atom. The van der Waals surface area contributed by atoms with Crippen LogP contribution in [0.5, 0.6) is 11.5 Å². The lowest BCUT2D eigenvalue weighted by Crippen LogP contribution is -2.36. The number of amides is 2. The van der Waals surface area contributed by atoms with Crippen LogP contribution in [-0.2, 0) is 9.59 Å². The van der Waals surface area contributed by atoms with E-state index < -0.39 is 0 Å². The third kappa shape index (κ3) is 2.47. The number of aromatic nitrogens is 1. The first kappa shape index (κ1) is 16.6. The highest BCUT2D eigenvalue weighted by molar-refractivity contribution is 6.00. The molecule has 0 aliphatic carbocycles. The van der Waals surface area contributed by atoms with Crippen molar-refractivity contribution in [3.8, 4) is 11.5 Å². The minimum absolute atomic E-state index is 0.0227. The van der Waals surface area contributed by atoms with E-state index >= 15 is 0 Å². The van der Waals surface area contributed by atoms with Gasteiger partial charge in [0.05, 0.1) is 5.69 Å². The Morgan fingerprint density at radius 2 is 2.07 bits per heavy atom. The van der Waals surface area contributed by atoms with Crippen LogP contribution in [0.25, 0.3) is 10.9 Å². The van der Waals surface area contributed by atoms with Gasteiger partial charge in [0.1, 0.15) is 17.0 Å². The summed E-state index contributed by atoms with van der Waals surface area (Å²) in [7, 11) is 1.71. The summed E-state index contributed by atoms with van der Waals surface area (Å²) in [5.74, 6) is 0.132. The fourth-order valence-corrected chi connectivity index (χ4v) is 3.83. The third-order valence-corrected chi connectivity index (χ3v) is 5.33. The summed E-state index contributed by atoms with van der Waals surface area (Å²) in [6, 6.07) is 12.6. The average molecular weight is 375 g/mol. The van der Waals surface area contributed by atoms with Gasteiger partial charge in [0.15, 0.2) is 6.61 Å². The predicted octanol–water partition coefficient (Wildman–Crippen LogP) is 2.77. The van der Waals surface area contributed by atoms with Gasteiger partial charge in [-0.3, -0.25) is 9.59 Å². The van der Waals surface area contributed by atoms with E-state index in [-0.39, 0.29) is 36.5 Å². The van der Waals surface area contributed by atoms with Crippen molar-refractivity contribution in [3.05, 3.63) is 53.7 Å². The van der Waals surface area contributed by atoms with Gasteiger partial charge in [-0.2, -0.15) is 0 Å². The van der Waals surface area contributed by atoms with Gasteiger partial charge in [0.25, 0.3) is 5.91 Å². The highest BCUT2D eigenvalue weighted by Crippen LogP contribution is 2.44. The van der Waals surface area contributed by atoms with Crippen molar-refractivity contribution in [2.45, 2.75) is 12.3 Å². The maximum atomic E-state index is 12.3. The molecule has 0 radical (unpaired) electrons. The van der Waals surface area contributed by atoms with Crippen LogP contribution in [0.4, 0.5) is 11.4 Å². The summed E-state index contributed by atoms with van der Waals surface area (Å²) in [4.78, 5) is 30.5. The van der Waals surface area contributed by atoms with Gasteiger partial charge in [0.2, 0.25) is 5.91 Å². The highest BCUT2D eigenvalue weighted by atomic mass is 16.5. The van der Waals surface area contributed by atoms with Crippen LogP contribution in [0.15, 0.2) is 42.5 Å². The lowest BCUT2D eigenvalue weighted by molar-refractivity contribution is -0.121. The summed E-state index contributed by atoms with van der Waals surface area (Å²) >= 11 is 0. The van der Waals surface area contributed by atoms with Gasteiger partial charge >= 0.3 is 0 Å². The lowest BCUT2D eigenvalue weighted by Gasteiger charge is -2.31. The fraction of sp³-hybridized carbons (Fsp3) is 0.190. The van der Waals surface area contributed by atoms with Crippen molar-refractivity contribution in [3.63, 3.8) is 0 Å². The normalized spacial score (nSPS) is 18.3. The number of phenols is 1. The number of benzene rings is 2. The average Bonchev–Trinajstić information content (AvgIpc) is 2.69. The number of nitrogens with zero attached hydrogens (tertiary/aromatic N) is 2. The minimum atomic E-state index is -0.288. The second-order valence-corrected chi connectivity index (χ2v) is 7.04. The summed E-state index contributed by atoms with van der Waals surface area (Å²) in [5.41, 5.74) is 3.38. The lowest BCUT2D eigenvalue weighted by atomic mass is 9.86. The molecule has 2 aromatic carbocycles. The molecule has 0 fully saturated rings. The smallest absolute Gasteiger partial charge is 0.264 e. The zero-order chi connectivity index (χ0) is 19.4. The number of phenolic OH excluding ortho intramolecular Hbond substituents is 1. The van der Waals surface area contributed by atoms with E-state index in [4.69, 9.17) is 4.74 Å². The molecule has 2 amide bonds. The number of likely N-dealkylation sites (N-methyl/N-ethyl adjacent to an activating group) is 1. The number of anilines is 2. The molecule has 7 heteroatoms. The Kier molecular flexibility index (Phi) is 3.52. The topological polar surface area (TPSA) is 91.8 Å². The van der Waals surface area contributed by atoms with Gasteiger partial charge in [-0.1, -0.05) is 18.2 Å². The number of para-hydroxylation sites is 1. The van der Waals surface area contributed by atoms with Crippen molar-refractivity contribution in [1.29, 1.82) is 0 Å². The van der Waals surface area contributed by atoms with E-state index in [1.54, 1.807) is 30.1 Å². The number of rotatable bonds is 1. The number of ether oxygens (including phenoxy) is 1. The van der Waals surface area contributed by atoms with Crippen LogP contribution < -0.4 is 15.0 Å². The summed E-state index contributed by atoms with van der Waals surface area (Å²) < 4.78 is 5.53. The van der Waals surface area contributed by atoms with E-state index in [0.717, 1.165) is 10.9 Å². The number of carbonyl (C=O) groups excluding carboxylic acids is 2. The van der Waals surface area contributed by atoms with E-state index in [0.29, 0.717) is 28.3 Å². The number of nitrogens with one attached hydrogen (secondary N) is 1. The minimum Gasteiger partial charge on any atom is -0.506 e. The van der Waals surface area contributed by atoms with E-state index in [1.165, 1.54) is 0 Å². The Hall–Kier alpha value is -3.61. The number of fused-ring (bicyclic) bond motifs is 3. The first-order chi connectivity index (χ1) is 13.5. The van der Waals surface area contributed by atoms with Crippen LogP contribution in [0.2, 0.25) is 0 Å². The Balaban J connectivity index is 1.67. The Morgan fingerprint density at radius 3 is 2.93 bits per heavy atom. The molecule has 140 valence electrons. The molecule has 0 spiro atoms. The molecule has 28 heavy (non-hydrogen) atoms. The molecule has 0 saturated heterocycles. The van der Waals surface area contributed by atoms with Crippen molar-refractivity contribution in [2.24, 2.45) is 0 Å². The van der Waals surface area contributed by atoms with Crippen molar-refractivity contribution >= 4 is 34.1 Å². The number of carbonyl (C=O) groups is 2. The van der Waals surface area contributed by atoms with Gasteiger partial charge < -0.3 is 20.1 Å². The van der Waals surface area contributed by atoms with Gasteiger partial charge in [-0.05, 0) is 23.8 Å². The summed E-state index contributed by atoms with van der Waals surface area (Å²) in [6.45, 7) is -0.0227. The largest absolute Gasteiger partial charge is 0.506 e. The second-order valence-electron chi connectivity index (χ2n) is 7.04. The number of hydrogen-bond donors (Lipinski definition) is 2. The monoisotopic (exact) mass is 375 g/mol. The third-order valence-electron chi connectivity index (χ3n) is 5.33. The van der Waals surface area contributed by atoms with Crippen LogP contribution in [0.3, 0.4) is 0 Å². The number of pyridine rings is 1. The molecule has 0 saturated carbocycles. The van der Waals surface area contributed by atoms with E-state index in [2.05, 4.69) is 10.3 Å². The zero-order valence-corrected chi connectivity index (χ0v) is 15.1. The second kappa shape index (κ2) is 5.95. The van der Waals surface area contributed by atoms with Gasteiger partial charge in [-0.15, -0.1) is 0 Å². The van der Waals surface area contributed by atoms with Crippen molar-refractivity contribution in [1.82, 2.24) is 4.98 Å². The molecule has 0 unspecified atom stereocenters. The quantitative estimate of drug-likeness (QED) is 0.682. The molecule has 2 N–H and O–H groups in total. The SMILES string of the molecule is CN1C(=O)COc2cc3c(cc21)[C@@H](c1ccc2cccc(O)c2n1)CC(=O)N3. The molecule has 5 rings (SSSR count). The molecule has 2 aliphatic rings. The number of aromatic hydroxyl groups is 1. The van der Waals surface area contributed by atoms with Crippen LogP contribution in [-0.4, -0.2) is 35.6 Å². The molecule has 2 aliphatic heterocycles. The summed E-state index contributed by atoms with van der Waals surface area (Å²) in [5, 5.41) is 13.9. The van der Waals surface area contributed by atoms with Crippen LogP contribution >= 0.6 is 0 Å². The van der Waals surface area contributed by atoms with Crippen molar-refractivity contribution in [2.75, 3.05) is 23.9 Å². The first-order valence-corrected chi connectivity index (χ1v) is 8.97. The Bertz CT molecular complexity index is 1160. The molecular weight excluding hydrogens is 358 g/mol. The standard InChI is InChI=1S/C21H17N3O4/c1-24-16-7-12-13(14-6-5-11-3-2-4-17(25)21(11)23-14)8-19(26)22-15(12)9-18(16)28-10-20(24)27/h2-7,9,13,25H,8,10H2,1H3,(H,22,26)/t13-/m0/s1. The highest BCUT2D eigenvalue weighted by Gasteiger charge is 2.32. The molecule has 1 atom stereocenters. The number of hydrogen-bond acceptors (Lipinski definition) is 5. The maximum Gasteiger partial charge on any atom is 0.264 e. The van der Waals surface area contributed by atoms with E-state index in [9.17, 15) is 14.7 Å². The van der Waals surface area contributed by atoms with Crippen molar-refractivity contribution < 1.29 is 19.4 Å². The molecule has 1 aromatic heterocycles. The summed E-state index contributed by atoms with van der Waals surface area (Å²) in [6.07, 6.45) is 0.233. The molecular formula is C21H17N3O4. The molecule has 7 nitrogen and oxygen atoms in total. The van der Waals surface area contributed by atoms with Crippen LogP contribution in [0, 0.1) is 0 Å². The van der Waals surface area contributed by atoms with Gasteiger partial charge in [-0.25, -0.2) is 4.98 Å². The zero-order valence-electron chi connectivity index (χ0n) is 15.1. The predicted molar refractivity (Wildman–Crippen MR) is 104 cm³/mol.